The summed E-state index contributed by atoms with van der Waals surface area (Å²) in [5.41, 5.74) is 2.17. The first-order valence-electron chi connectivity index (χ1n) is 13.2. The molecule has 0 aromatic heterocycles. The number of carbonyl (C=O) groups is 2. The summed E-state index contributed by atoms with van der Waals surface area (Å²) in [6.45, 7) is 1.98. The van der Waals surface area contributed by atoms with Crippen LogP contribution in [0.5, 0.6) is 0 Å². The molecule has 41 heavy (non-hydrogen) atoms. The molecular formula is C35H29N2O2PS. The molecule has 0 fully saturated rings. The van der Waals surface area contributed by atoms with Crippen LogP contribution in [0, 0.1) is 6.92 Å². The zero-order valence-electron chi connectivity index (χ0n) is 22.5. The number of hydrogen-bond donors (Lipinski definition) is 2. The minimum Gasteiger partial charge on any atom is -0.738 e. The lowest BCUT2D eigenvalue weighted by molar-refractivity contribution is -0.113. The van der Waals surface area contributed by atoms with Crippen LogP contribution in [0.4, 0.5) is 5.69 Å². The lowest BCUT2D eigenvalue weighted by Crippen LogP contribution is -2.37. The molecule has 0 saturated heterocycles. The van der Waals surface area contributed by atoms with Gasteiger partial charge in [0, 0.05) is 11.3 Å². The number of anilines is 1. The molecule has 0 aliphatic rings. The van der Waals surface area contributed by atoms with E-state index in [2.05, 4.69) is 47.0 Å². The van der Waals surface area contributed by atoms with E-state index < -0.39 is 19.1 Å². The molecule has 0 aliphatic carbocycles. The van der Waals surface area contributed by atoms with Crippen molar-refractivity contribution >= 4 is 53.3 Å². The average molecular weight is 573 g/mol. The van der Waals surface area contributed by atoms with Crippen molar-refractivity contribution in [3.05, 3.63) is 167 Å². The average Bonchev–Trinajstić information content (AvgIpc) is 3.03. The fourth-order valence-electron chi connectivity index (χ4n) is 4.73. The summed E-state index contributed by atoms with van der Waals surface area (Å²) in [6.07, 6.45) is 0. The van der Waals surface area contributed by atoms with Crippen molar-refractivity contribution in [3.8, 4) is 0 Å². The van der Waals surface area contributed by atoms with Crippen LogP contribution < -0.4 is 26.5 Å². The van der Waals surface area contributed by atoms with E-state index in [1.54, 1.807) is 24.3 Å². The summed E-state index contributed by atoms with van der Waals surface area (Å²) in [6, 6.07) is 46.4. The second-order valence-electron chi connectivity index (χ2n) is 9.50. The molecule has 5 aromatic carbocycles. The maximum Gasteiger partial charge on any atom is 0.274 e. The summed E-state index contributed by atoms with van der Waals surface area (Å²) in [5, 5.41) is 8.85. The van der Waals surface area contributed by atoms with Crippen LogP contribution in [-0.4, -0.2) is 11.8 Å². The number of carbonyl (C=O) groups excluding carboxylic acids is 2. The van der Waals surface area contributed by atoms with Crippen molar-refractivity contribution in [2.24, 2.45) is 0 Å². The maximum atomic E-state index is 14.1. The highest BCUT2D eigenvalue weighted by molar-refractivity contribution is 8.06. The van der Waals surface area contributed by atoms with Gasteiger partial charge in [-0.3, -0.25) is 9.59 Å². The highest BCUT2D eigenvalue weighted by Gasteiger charge is 2.46. The number of aryl methyl sites for hydroxylation is 1. The third-order valence-electron chi connectivity index (χ3n) is 6.76. The van der Waals surface area contributed by atoms with Crippen molar-refractivity contribution < 1.29 is 9.59 Å². The number of amides is 2. The first kappa shape index (κ1) is 28.0. The van der Waals surface area contributed by atoms with Crippen LogP contribution in [0.2, 0.25) is 0 Å². The van der Waals surface area contributed by atoms with E-state index in [-0.39, 0.29) is 5.70 Å². The fourth-order valence-corrected chi connectivity index (χ4v) is 9.78. The van der Waals surface area contributed by atoms with Gasteiger partial charge >= 0.3 is 0 Å². The number of nitrogens with one attached hydrogen (secondary N) is 2. The predicted molar refractivity (Wildman–Crippen MR) is 173 cm³/mol. The van der Waals surface area contributed by atoms with Gasteiger partial charge < -0.3 is 23.3 Å². The normalized spacial score (nSPS) is 11.7. The predicted octanol–water partition coefficient (Wildman–Crippen LogP) is 6.07. The topological polar surface area (TPSA) is 58.2 Å². The van der Waals surface area contributed by atoms with Crippen molar-refractivity contribution in [1.82, 2.24) is 5.32 Å². The van der Waals surface area contributed by atoms with Crippen LogP contribution in [0.1, 0.15) is 15.9 Å². The van der Waals surface area contributed by atoms with Gasteiger partial charge in [0.2, 0.25) is 0 Å². The van der Waals surface area contributed by atoms with Gasteiger partial charge in [-0.05, 0) is 72.2 Å². The van der Waals surface area contributed by atoms with Gasteiger partial charge in [0.05, 0.1) is 0 Å². The first-order chi connectivity index (χ1) is 20.0. The second-order valence-corrected chi connectivity index (χ2v) is 13.5. The van der Waals surface area contributed by atoms with Gasteiger partial charge in [0.15, 0.2) is 0 Å². The highest BCUT2D eigenvalue weighted by atomic mass is 32.1. The molecule has 4 nitrogen and oxygen atoms in total. The molecule has 202 valence electrons. The van der Waals surface area contributed by atoms with Gasteiger partial charge in [-0.2, -0.15) is 0 Å². The second kappa shape index (κ2) is 12.7. The van der Waals surface area contributed by atoms with E-state index in [9.17, 15) is 9.59 Å². The zero-order valence-corrected chi connectivity index (χ0v) is 24.2. The fraction of sp³-hybridized carbons (Fsp3) is 0.0286. The Bertz CT molecular complexity index is 1560. The quantitative estimate of drug-likeness (QED) is 0.135. The molecule has 0 bridgehead atoms. The molecule has 6 heteroatoms. The van der Waals surface area contributed by atoms with E-state index in [0.29, 0.717) is 15.9 Å². The molecule has 0 atom stereocenters. The Kier molecular flexibility index (Phi) is 8.69. The highest BCUT2D eigenvalue weighted by Crippen LogP contribution is 2.62. The summed E-state index contributed by atoms with van der Waals surface area (Å²) in [4.78, 5) is 27.7. The molecule has 5 aromatic rings. The van der Waals surface area contributed by atoms with Crippen molar-refractivity contribution in [2.75, 3.05) is 5.32 Å². The SMILES string of the molecule is Cc1ccc(NC(=O)/C(NC(=O)c2ccccc2)=C(/[S-])[P+](c2ccccc2)(c2ccccc2)c2ccccc2)cc1. The Hall–Kier alpha value is -4.57. The molecule has 5 rings (SSSR count). The third-order valence-corrected chi connectivity index (χ3v) is 11.8. The lowest BCUT2D eigenvalue weighted by Gasteiger charge is -2.35. The summed E-state index contributed by atoms with van der Waals surface area (Å²) in [5.74, 6) is -0.885. The van der Waals surface area contributed by atoms with E-state index in [1.165, 1.54) is 0 Å². The van der Waals surface area contributed by atoms with Crippen molar-refractivity contribution in [1.29, 1.82) is 0 Å². The summed E-state index contributed by atoms with van der Waals surface area (Å²) in [7, 11) is -2.80. The van der Waals surface area contributed by atoms with Gasteiger partial charge in [-0.25, -0.2) is 0 Å². The number of hydrogen-bond acceptors (Lipinski definition) is 3. The molecule has 0 radical (unpaired) electrons. The van der Waals surface area contributed by atoms with Crippen LogP contribution >= 0.6 is 7.26 Å². The van der Waals surface area contributed by atoms with Crippen LogP contribution in [0.3, 0.4) is 0 Å². The number of rotatable bonds is 8. The van der Waals surface area contributed by atoms with Crippen molar-refractivity contribution in [3.63, 3.8) is 0 Å². The van der Waals surface area contributed by atoms with E-state index in [0.717, 1.165) is 21.5 Å². The maximum absolute atomic E-state index is 14.1. The monoisotopic (exact) mass is 572 g/mol. The van der Waals surface area contributed by atoms with Crippen LogP contribution in [0.15, 0.2) is 156 Å². The Morgan fingerprint density at radius 3 is 1.44 bits per heavy atom. The first-order valence-corrected chi connectivity index (χ1v) is 15.4. The third kappa shape index (κ3) is 5.97. The van der Waals surface area contributed by atoms with E-state index in [4.69, 9.17) is 12.6 Å². The summed E-state index contributed by atoms with van der Waals surface area (Å²) < 4.78 is 0.384. The smallest absolute Gasteiger partial charge is 0.274 e. The molecule has 2 N–H and O–H groups in total. The number of benzene rings is 5. The molecule has 0 aliphatic heterocycles. The molecule has 0 spiro atoms. The largest absolute Gasteiger partial charge is 0.738 e. The zero-order chi connectivity index (χ0) is 28.7. The van der Waals surface area contributed by atoms with Gasteiger partial charge in [-0.1, -0.05) is 90.5 Å². The van der Waals surface area contributed by atoms with Gasteiger partial charge in [-0.15, -0.1) is 0 Å². The van der Waals surface area contributed by atoms with Gasteiger partial charge in [0.25, 0.3) is 11.8 Å². The Balaban J connectivity index is 1.78. The van der Waals surface area contributed by atoms with Crippen LogP contribution in [0.25, 0.3) is 0 Å². The summed E-state index contributed by atoms with van der Waals surface area (Å²) >= 11 is 6.37. The lowest BCUT2D eigenvalue weighted by atomic mass is 10.2. The Morgan fingerprint density at radius 2 is 1.00 bits per heavy atom. The van der Waals surface area contributed by atoms with E-state index >= 15 is 0 Å². The molecule has 0 heterocycles. The Labute approximate surface area is 246 Å². The molecular weight excluding hydrogens is 543 g/mol. The van der Waals surface area contributed by atoms with Gasteiger partial charge in [0.1, 0.15) is 28.9 Å². The standard InChI is InChI=1S/C35H29N2O2PS/c1-26-22-24-28(25-23-26)36-34(39)32(37-33(38)27-14-6-2-7-15-27)35(41)40(29-16-8-3-9-17-29,30-18-10-4-11-19-30)31-20-12-5-13-21-31/h2-25H,1H3,(H2-,36,37,38,39,41). The molecule has 0 saturated carbocycles. The molecule has 2 amide bonds. The van der Waals surface area contributed by atoms with Crippen LogP contribution in [-0.2, 0) is 17.4 Å². The van der Waals surface area contributed by atoms with Crippen molar-refractivity contribution in [2.45, 2.75) is 6.92 Å². The molecule has 0 unspecified atom stereocenters. The van der Waals surface area contributed by atoms with E-state index in [1.807, 2.05) is 91.9 Å². The Morgan fingerprint density at radius 1 is 0.585 bits per heavy atom. The minimum atomic E-state index is -2.80. The minimum absolute atomic E-state index is 0.0549.